The number of nitrogens with zero attached hydrogens (tertiary/aromatic N) is 3. The number of para-hydroxylation sites is 1. The molecule has 3 aliphatic rings. The molecule has 5 rings (SSSR count). The monoisotopic (exact) mass is 389 g/mol. The average molecular weight is 390 g/mol. The smallest absolute Gasteiger partial charge is 0.272 e. The van der Waals surface area contributed by atoms with E-state index in [2.05, 4.69) is 39.9 Å². The molecule has 1 saturated heterocycles. The SMILES string of the molecule is O=C(c1ccccn1)N1CCC2(C1)NCc1ccccc1NC2=NC1CCCC1. The van der Waals surface area contributed by atoms with E-state index in [1.54, 1.807) is 12.3 Å². The summed E-state index contributed by atoms with van der Waals surface area (Å²) in [6.45, 7) is 2.07. The van der Waals surface area contributed by atoms with E-state index >= 15 is 0 Å². The van der Waals surface area contributed by atoms with E-state index in [1.165, 1.54) is 18.4 Å². The number of nitrogens with one attached hydrogen (secondary N) is 2. The van der Waals surface area contributed by atoms with Crippen molar-refractivity contribution in [1.82, 2.24) is 15.2 Å². The van der Waals surface area contributed by atoms with E-state index in [9.17, 15) is 4.79 Å². The van der Waals surface area contributed by atoms with Crippen LogP contribution in [-0.2, 0) is 6.54 Å². The Balaban J connectivity index is 1.46. The first-order chi connectivity index (χ1) is 14.2. The van der Waals surface area contributed by atoms with Crippen LogP contribution in [0.5, 0.6) is 0 Å². The van der Waals surface area contributed by atoms with E-state index in [0.29, 0.717) is 24.8 Å². The summed E-state index contributed by atoms with van der Waals surface area (Å²) in [5.74, 6) is 0.983. The second-order valence-electron chi connectivity index (χ2n) is 8.33. The lowest BCUT2D eigenvalue weighted by molar-refractivity contribution is 0.0780. The molecular formula is C23H27N5O. The van der Waals surface area contributed by atoms with Crippen LogP contribution in [0.4, 0.5) is 5.69 Å². The van der Waals surface area contributed by atoms with E-state index < -0.39 is 0 Å². The standard InChI is InChI=1S/C23H27N5O/c29-21(20-11-5-6-13-24-20)28-14-12-23(16-28)22(26-18-8-2-3-9-18)27-19-10-4-1-7-17(19)15-25-23/h1,4-7,10-11,13,18,25H,2-3,8-9,12,14-16H2,(H,26,27). The van der Waals surface area contributed by atoms with Crippen molar-refractivity contribution < 1.29 is 4.79 Å². The number of aromatic nitrogens is 1. The van der Waals surface area contributed by atoms with Crippen molar-refractivity contribution in [3.8, 4) is 0 Å². The Morgan fingerprint density at radius 2 is 1.97 bits per heavy atom. The largest absolute Gasteiger partial charge is 0.342 e. The number of pyridine rings is 1. The molecule has 1 unspecified atom stereocenters. The van der Waals surface area contributed by atoms with Gasteiger partial charge in [-0.1, -0.05) is 37.1 Å². The number of likely N-dealkylation sites (tertiary alicyclic amines) is 1. The number of anilines is 1. The zero-order chi connectivity index (χ0) is 19.7. The zero-order valence-corrected chi connectivity index (χ0v) is 16.6. The van der Waals surface area contributed by atoms with Crippen molar-refractivity contribution in [2.24, 2.45) is 4.99 Å². The summed E-state index contributed by atoms with van der Waals surface area (Å²) >= 11 is 0. The highest BCUT2D eigenvalue weighted by atomic mass is 16.2. The van der Waals surface area contributed by atoms with Gasteiger partial charge in [0.15, 0.2) is 0 Å². The predicted octanol–water partition coefficient (Wildman–Crippen LogP) is 3.22. The minimum absolute atomic E-state index is 0.00810. The lowest BCUT2D eigenvalue weighted by Gasteiger charge is -2.31. The Kier molecular flexibility index (Phi) is 4.79. The minimum atomic E-state index is -0.341. The molecule has 2 aromatic rings. The first-order valence-electron chi connectivity index (χ1n) is 10.6. The fourth-order valence-electron chi connectivity index (χ4n) is 4.74. The number of aliphatic imine (C=N–C) groups is 1. The van der Waals surface area contributed by atoms with Gasteiger partial charge in [0.25, 0.3) is 5.91 Å². The van der Waals surface area contributed by atoms with Gasteiger partial charge in [0.2, 0.25) is 0 Å². The van der Waals surface area contributed by atoms with Crippen LogP contribution in [0.1, 0.15) is 48.2 Å². The summed E-state index contributed by atoms with van der Waals surface area (Å²) in [6, 6.07) is 14.3. The van der Waals surface area contributed by atoms with E-state index in [1.807, 2.05) is 17.0 Å². The number of benzene rings is 1. The fraction of sp³-hybridized carbons (Fsp3) is 0.435. The molecule has 2 N–H and O–H groups in total. The molecule has 1 saturated carbocycles. The molecule has 1 aromatic heterocycles. The van der Waals surface area contributed by atoms with Gasteiger partial charge in [-0.15, -0.1) is 0 Å². The van der Waals surface area contributed by atoms with Gasteiger partial charge in [-0.25, -0.2) is 0 Å². The Bertz CT molecular complexity index is 922. The molecule has 2 fully saturated rings. The summed E-state index contributed by atoms with van der Waals surface area (Å²) in [4.78, 5) is 24.4. The molecule has 1 aromatic carbocycles. The third-order valence-corrected chi connectivity index (χ3v) is 6.42. The average Bonchev–Trinajstić information content (AvgIpc) is 3.40. The van der Waals surface area contributed by atoms with Crippen molar-refractivity contribution in [3.63, 3.8) is 0 Å². The van der Waals surface area contributed by atoms with Gasteiger partial charge in [-0.05, 0) is 43.0 Å². The van der Waals surface area contributed by atoms with Crippen LogP contribution in [0.3, 0.4) is 0 Å². The van der Waals surface area contributed by atoms with Crippen LogP contribution in [0.25, 0.3) is 0 Å². The maximum absolute atomic E-state index is 13.0. The number of hydrogen-bond acceptors (Lipinski definition) is 4. The maximum Gasteiger partial charge on any atom is 0.272 e. The van der Waals surface area contributed by atoms with Crippen LogP contribution in [-0.4, -0.2) is 46.3 Å². The number of amidine groups is 1. The minimum Gasteiger partial charge on any atom is -0.342 e. The number of hydrogen-bond donors (Lipinski definition) is 2. The van der Waals surface area contributed by atoms with Crippen molar-refractivity contribution >= 4 is 17.4 Å². The normalized spacial score (nSPS) is 25.8. The van der Waals surface area contributed by atoms with Gasteiger partial charge < -0.3 is 10.2 Å². The summed E-state index contributed by atoms with van der Waals surface area (Å²) < 4.78 is 0. The lowest BCUT2D eigenvalue weighted by Crippen LogP contribution is -2.55. The van der Waals surface area contributed by atoms with Crippen LogP contribution >= 0.6 is 0 Å². The third kappa shape index (κ3) is 3.53. The molecule has 2 aliphatic heterocycles. The zero-order valence-electron chi connectivity index (χ0n) is 16.6. The molecule has 1 spiro atoms. The molecule has 6 heteroatoms. The third-order valence-electron chi connectivity index (χ3n) is 6.42. The number of amides is 1. The first kappa shape index (κ1) is 18.3. The molecular weight excluding hydrogens is 362 g/mol. The maximum atomic E-state index is 13.0. The summed E-state index contributed by atoms with van der Waals surface area (Å²) in [6.07, 6.45) is 7.33. The highest BCUT2D eigenvalue weighted by molar-refractivity contribution is 6.05. The molecule has 1 atom stereocenters. The van der Waals surface area contributed by atoms with Gasteiger partial charge in [0.1, 0.15) is 11.5 Å². The first-order valence-corrected chi connectivity index (χ1v) is 10.6. The number of carbonyl (C=O) groups excluding carboxylic acids is 1. The number of fused-ring (bicyclic) bond motifs is 1. The molecule has 150 valence electrons. The van der Waals surface area contributed by atoms with Crippen molar-refractivity contribution in [2.45, 2.75) is 50.2 Å². The van der Waals surface area contributed by atoms with Gasteiger partial charge in [0, 0.05) is 31.5 Å². The van der Waals surface area contributed by atoms with Crippen molar-refractivity contribution in [2.75, 3.05) is 18.4 Å². The van der Waals surface area contributed by atoms with Crippen molar-refractivity contribution in [3.05, 3.63) is 59.9 Å². The Morgan fingerprint density at radius 1 is 1.14 bits per heavy atom. The molecule has 0 radical (unpaired) electrons. The topological polar surface area (TPSA) is 69.6 Å². The second kappa shape index (κ2) is 7.59. The van der Waals surface area contributed by atoms with Crippen molar-refractivity contribution in [1.29, 1.82) is 0 Å². The second-order valence-corrected chi connectivity index (χ2v) is 8.33. The Morgan fingerprint density at radius 3 is 2.79 bits per heavy atom. The summed E-state index contributed by atoms with van der Waals surface area (Å²) in [5.41, 5.74) is 2.51. The fourth-order valence-corrected chi connectivity index (χ4v) is 4.74. The molecule has 29 heavy (non-hydrogen) atoms. The highest BCUT2D eigenvalue weighted by Gasteiger charge is 2.46. The Hall–Kier alpha value is -2.73. The van der Waals surface area contributed by atoms with Crippen LogP contribution in [0.2, 0.25) is 0 Å². The Labute approximate surface area is 171 Å². The van der Waals surface area contributed by atoms with Crippen LogP contribution < -0.4 is 10.6 Å². The van der Waals surface area contributed by atoms with E-state index in [0.717, 1.165) is 37.3 Å². The lowest BCUT2D eigenvalue weighted by atomic mass is 9.96. The van der Waals surface area contributed by atoms with Crippen LogP contribution in [0.15, 0.2) is 53.7 Å². The quantitative estimate of drug-likeness (QED) is 0.827. The van der Waals surface area contributed by atoms with Crippen LogP contribution in [0, 0.1) is 0 Å². The molecule has 1 aliphatic carbocycles. The number of carbonyl (C=O) groups is 1. The highest BCUT2D eigenvalue weighted by Crippen LogP contribution is 2.32. The van der Waals surface area contributed by atoms with E-state index in [-0.39, 0.29) is 11.4 Å². The van der Waals surface area contributed by atoms with Gasteiger partial charge in [-0.2, -0.15) is 0 Å². The van der Waals surface area contributed by atoms with Gasteiger partial charge in [0.05, 0.1) is 11.6 Å². The van der Waals surface area contributed by atoms with Gasteiger partial charge in [-0.3, -0.25) is 20.1 Å². The van der Waals surface area contributed by atoms with Gasteiger partial charge >= 0.3 is 0 Å². The molecule has 6 nitrogen and oxygen atoms in total. The summed E-state index contributed by atoms with van der Waals surface area (Å²) in [7, 11) is 0. The molecule has 0 bridgehead atoms. The molecule has 3 heterocycles. The van der Waals surface area contributed by atoms with E-state index in [4.69, 9.17) is 4.99 Å². The predicted molar refractivity (Wildman–Crippen MR) is 114 cm³/mol. The molecule has 1 amide bonds. The summed E-state index contributed by atoms with van der Waals surface area (Å²) in [5, 5.41) is 7.42. The number of rotatable bonds is 2.